The summed E-state index contributed by atoms with van der Waals surface area (Å²) in [6.07, 6.45) is 0.668. The first-order valence-corrected chi connectivity index (χ1v) is 5.60. The smallest absolute Gasteiger partial charge is 0.119 e. The van der Waals surface area contributed by atoms with Crippen molar-refractivity contribution in [2.24, 2.45) is 5.73 Å². The number of nitrogens with two attached hydrogens (primary N) is 1. The summed E-state index contributed by atoms with van der Waals surface area (Å²) in [7, 11) is 0. The lowest BCUT2D eigenvalue weighted by atomic mass is 9.92. The lowest BCUT2D eigenvalue weighted by Crippen LogP contribution is -2.42. The van der Waals surface area contributed by atoms with Gasteiger partial charge in [-0.1, -0.05) is 6.07 Å². The zero-order valence-corrected chi connectivity index (χ0v) is 10.3. The fourth-order valence-electron chi connectivity index (χ4n) is 1.61. The van der Waals surface area contributed by atoms with Gasteiger partial charge in [0.2, 0.25) is 0 Å². The van der Waals surface area contributed by atoms with Gasteiger partial charge in [0, 0.05) is 5.54 Å². The van der Waals surface area contributed by atoms with Crippen molar-refractivity contribution in [3.8, 4) is 5.75 Å². The van der Waals surface area contributed by atoms with Gasteiger partial charge in [0.1, 0.15) is 5.75 Å². The van der Waals surface area contributed by atoms with Crippen LogP contribution in [-0.2, 0) is 6.42 Å². The molecule has 0 heterocycles. The van der Waals surface area contributed by atoms with E-state index in [4.69, 9.17) is 15.6 Å². The fraction of sp³-hybridized carbons (Fsp3) is 0.538. The number of hydrogen-bond donors (Lipinski definition) is 2. The van der Waals surface area contributed by atoms with Crippen LogP contribution in [0.4, 0.5) is 0 Å². The molecule has 0 aliphatic heterocycles. The van der Waals surface area contributed by atoms with E-state index in [0.29, 0.717) is 13.0 Å². The van der Waals surface area contributed by atoms with E-state index in [0.717, 1.165) is 16.9 Å². The van der Waals surface area contributed by atoms with E-state index in [1.54, 1.807) is 0 Å². The maximum atomic E-state index is 9.14. The van der Waals surface area contributed by atoms with Crippen LogP contribution in [0.2, 0.25) is 0 Å². The van der Waals surface area contributed by atoms with E-state index < -0.39 is 5.54 Å². The normalized spacial score (nSPS) is 14.6. The number of aryl methyl sites for hydroxylation is 1. The monoisotopic (exact) mass is 223 g/mol. The molecule has 0 bridgehead atoms. The molecule has 3 nitrogen and oxygen atoms in total. The van der Waals surface area contributed by atoms with Crippen LogP contribution in [0.3, 0.4) is 0 Å². The Morgan fingerprint density at radius 1 is 1.44 bits per heavy atom. The molecule has 0 aromatic heterocycles. The minimum absolute atomic E-state index is 0.0142. The van der Waals surface area contributed by atoms with E-state index in [-0.39, 0.29) is 6.61 Å². The van der Waals surface area contributed by atoms with Gasteiger partial charge in [0.15, 0.2) is 0 Å². The second-order valence-electron chi connectivity index (χ2n) is 4.51. The first kappa shape index (κ1) is 13.0. The minimum Gasteiger partial charge on any atom is -0.494 e. The Morgan fingerprint density at radius 2 is 2.12 bits per heavy atom. The number of rotatable bonds is 5. The van der Waals surface area contributed by atoms with Crippen molar-refractivity contribution in [3.63, 3.8) is 0 Å². The van der Waals surface area contributed by atoms with Crippen molar-refractivity contribution >= 4 is 0 Å². The van der Waals surface area contributed by atoms with Gasteiger partial charge in [-0.3, -0.25) is 0 Å². The SMILES string of the molecule is CCOc1ccc(CC(C)(N)CO)c(C)c1. The van der Waals surface area contributed by atoms with Crippen LogP contribution in [0.1, 0.15) is 25.0 Å². The van der Waals surface area contributed by atoms with Gasteiger partial charge in [-0.05, 0) is 50.5 Å². The maximum Gasteiger partial charge on any atom is 0.119 e. The van der Waals surface area contributed by atoms with Gasteiger partial charge in [-0.15, -0.1) is 0 Å². The lowest BCUT2D eigenvalue weighted by molar-refractivity contribution is 0.208. The molecule has 0 aliphatic carbocycles. The van der Waals surface area contributed by atoms with Crippen molar-refractivity contribution in [1.29, 1.82) is 0 Å². The highest BCUT2D eigenvalue weighted by Crippen LogP contribution is 2.20. The third kappa shape index (κ3) is 3.51. The van der Waals surface area contributed by atoms with Gasteiger partial charge >= 0.3 is 0 Å². The lowest BCUT2D eigenvalue weighted by Gasteiger charge is -2.22. The van der Waals surface area contributed by atoms with Crippen LogP contribution in [0.25, 0.3) is 0 Å². The molecule has 3 N–H and O–H groups in total. The van der Waals surface area contributed by atoms with E-state index in [1.165, 1.54) is 0 Å². The predicted molar refractivity (Wildman–Crippen MR) is 65.7 cm³/mol. The number of aliphatic hydroxyl groups is 1. The molecule has 90 valence electrons. The molecule has 0 amide bonds. The number of hydrogen-bond acceptors (Lipinski definition) is 3. The summed E-state index contributed by atoms with van der Waals surface area (Å²) in [5.41, 5.74) is 7.68. The first-order valence-electron chi connectivity index (χ1n) is 5.60. The van der Waals surface area contributed by atoms with Crippen molar-refractivity contribution in [3.05, 3.63) is 29.3 Å². The summed E-state index contributed by atoms with van der Waals surface area (Å²) in [6.45, 7) is 6.50. The second-order valence-corrected chi connectivity index (χ2v) is 4.51. The summed E-state index contributed by atoms with van der Waals surface area (Å²) in [4.78, 5) is 0. The average molecular weight is 223 g/mol. The topological polar surface area (TPSA) is 55.5 Å². The molecule has 16 heavy (non-hydrogen) atoms. The summed E-state index contributed by atoms with van der Waals surface area (Å²) in [6, 6.07) is 5.96. The maximum absolute atomic E-state index is 9.14. The molecule has 0 radical (unpaired) electrons. The molecule has 3 heteroatoms. The molecule has 0 spiro atoms. The number of benzene rings is 1. The van der Waals surface area contributed by atoms with Crippen molar-refractivity contribution in [1.82, 2.24) is 0 Å². The number of aliphatic hydroxyl groups excluding tert-OH is 1. The van der Waals surface area contributed by atoms with Crippen LogP contribution in [-0.4, -0.2) is 23.9 Å². The zero-order chi connectivity index (χ0) is 12.2. The Kier molecular flexibility index (Phi) is 4.33. The molecule has 1 aromatic carbocycles. The molecule has 0 saturated heterocycles. The van der Waals surface area contributed by atoms with Crippen LogP contribution in [0, 0.1) is 6.92 Å². The highest BCUT2D eigenvalue weighted by Gasteiger charge is 2.18. The van der Waals surface area contributed by atoms with Gasteiger partial charge in [-0.2, -0.15) is 0 Å². The Morgan fingerprint density at radius 3 is 2.62 bits per heavy atom. The summed E-state index contributed by atoms with van der Waals surface area (Å²) < 4.78 is 5.42. The van der Waals surface area contributed by atoms with E-state index in [9.17, 15) is 0 Å². The van der Waals surface area contributed by atoms with Crippen molar-refractivity contribution in [2.45, 2.75) is 32.7 Å². The third-order valence-electron chi connectivity index (χ3n) is 2.58. The van der Waals surface area contributed by atoms with E-state index >= 15 is 0 Å². The standard InChI is InChI=1S/C13H21NO2/c1-4-16-12-6-5-11(10(2)7-12)8-13(3,14)9-15/h5-7,15H,4,8-9,14H2,1-3H3. The molecule has 0 aliphatic rings. The zero-order valence-electron chi connectivity index (χ0n) is 10.3. The van der Waals surface area contributed by atoms with Crippen LogP contribution >= 0.6 is 0 Å². The Labute approximate surface area is 97.2 Å². The average Bonchev–Trinajstić information content (AvgIpc) is 2.23. The van der Waals surface area contributed by atoms with Crippen molar-refractivity contribution < 1.29 is 9.84 Å². The molecule has 0 fully saturated rings. The molecule has 0 saturated carbocycles. The Bertz CT molecular complexity index is 348. The summed E-state index contributed by atoms with van der Waals surface area (Å²) in [5.74, 6) is 0.881. The highest BCUT2D eigenvalue weighted by atomic mass is 16.5. The molecule has 1 aromatic rings. The quantitative estimate of drug-likeness (QED) is 0.798. The summed E-state index contributed by atoms with van der Waals surface area (Å²) >= 11 is 0. The third-order valence-corrected chi connectivity index (χ3v) is 2.58. The van der Waals surface area contributed by atoms with Crippen molar-refractivity contribution in [2.75, 3.05) is 13.2 Å². The van der Waals surface area contributed by atoms with E-state index in [2.05, 4.69) is 0 Å². The molecule has 1 atom stereocenters. The van der Waals surface area contributed by atoms with Gasteiger partial charge in [-0.25, -0.2) is 0 Å². The molecule has 1 rings (SSSR count). The molecular weight excluding hydrogens is 202 g/mol. The second kappa shape index (κ2) is 5.32. The van der Waals surface area contributed by atoms with Gasteiger partial charge in [0.05, 0.1) is 13.2 Å². The predicted octanol–water partition coefficient (Wildman–Crippen LogP) is 1.65. The van der Waals surface area contributed by atoms with Crippen LogP contribution in [0.5, 0.6) is 5.75 Å². The number of ether oxygens (including phenoxy) is 1. The van der Waals surface area contributed by atoms with Gasteiger partial charge in [0.25, 0.3) is 0 Å². The molecule has 1 unspecified atom stereocenters. The van der Waals surface area contributed by atoms with Gasteiger partial charge < -0.3 is 15.6 Å². The fourth-order valence-corrected chi connectivity index (χ4v) is 1.61. The van der Waals surface area contributed by atoms with Crippen LogP contribution < -0.4 is 10.5 Å². The first-order chi connectivity index (χ1) is 7.48. The largest absolute Gasteiger partial charge is 0.494 e. The highest BCUT2D eigenvalue weighted by molar-refractivity contribution is 5.35. The summed E-state index contributed by atoms with van der Waals surface area (Å²) in [5, 5.41) is 9.14. The van der Waals surface area contributed by atoms with E-state index in [1.807, 2.05) is 39.0 Å². The Hall–Kier alpha value is -1.06. The van der Waals surface area contributed by atoms with Crippen LogP contribution in [0.15, 0.2) is 18.2 Å². The Balaban J connectivity index is 2.83. The molecular formula is C13H21NO2. The minimum atomic E-state index is -0.558.